The van der Waals surface area contributed by atoms with Gasteiger partial charge < -0.3 is 14.6 Å². The molecule has 1 N–H and O–H groups in total. The normalized spacial score (nSPS) is 15.0. The average Bonchev–Trinajstić information content (AvgIpc) is 2.95. The molecule has 0 atom stereocenters. The Balaban J connectivity index is 1.92. The third-order valence-corrected chi connectivity index (χ3v) is 5.25. The van der Waals surface area contributed by atoms with Crippen molar-refractivity contribution in [2.75, 3.05) is 18.1 Å². The summed E-state index contributed by atoms with van der Waals surface area (Å²) in [4.78, 5) is 37.2. The van der Waals surface area contributed by atoms with Crippen LogP contribution in [0.3, 0.4) is 0 Å². The number of hydrogen-bond acceptors (Lipinski definition) is 6. The highest BCUT2D eigenvalue weighted by atomic mass is 35.5. The molecule has 30 heavy (non-hydrogen) atoms. The zero-order chi connectivity index (χ0) is 21.8. The molecule has 1 fully saturated rings. The number of carboxylic acid groups (broad SMARTS) is 1. The van der Waals surface area contributed by atoms with E-state index in [0.29, 0.717) is 16.3 Å². The van der Waals surface area contributed by atoms with Gasteiger partial charge in [0.2, 0.25) is 0 Å². The number of benzene rings is 2. The highest BCUT2D eigenvalue weighted by molar-refractivity contribution is 8.19. The van der Waals surface area contributed by atoms with Crippen LogP contribution in [-0.2, 0) is 9.59 Å². The van der Waals surface area contributed by atoms with Crippen LogP contribution >= 0.6 is 35.0 Å². The lowest BCUT2D eigenvalue weighted by atomic mass is 10.1. The molecule has 0 aromatic heterocycles. The maximum atomic E-state index is 12.8. The first-order chi connectivity index (χ1) is 14.3. The van der Waals surface area contributed by atoms with Crippen LogP contribution in [0.25, 0.3) is 6.08 Å². The van der Waals surface area contributed by atoms with E-state index in [1.165, 1.54) is 12.1 Å². The number of halogens is 2. The number of hydrogen-bond donors (Lipinski definition) is 1. The minimum Gasteiger partial charge on any atom is -0.490 e. The second-order valence-corrected chi connectivity index (χ2v) is 7.78. The predicted octanol–water partition coefficient (Wildman–Crippen LogP) is 5.10. The van der Waals surface area contributed by atoms with Crippen molar-refractivity contribution in [1.29, 1.82) is 0 Å². The fourth-order valence-electron chi connectivity index (χ4n) is 2.64. The number of carboxylic acids is 1. The van der Waals surface area contributed by atoms with Crippen molar-refractivity contribution < 1.29 is 29.0 Å². The van der Waals surface area contributed by atoms with E-state index in [2.05, 4.69) is 0 Å². The van der Waals surface area contributed by atoms with Gasteiger partial charge in [-0.25, -0.2) is 9.69 Å². The quantitative estimate of drug-likeness (QED) is 0.566. The van der Waals surface area contributed by atoms with Gasteiger partial charge in [-0.3, -0.25) is 9.59 Å². The van der Waals surface area contributed by atoms with Gasteiger partial charge in [0.25, 0.3) is 11.1 Å². The van der Waals surface area contributed by atoms with Gasteiger partial charge in [-0.15, -0.1) is 0 Å². The molecule has 1 heterocycles. The molecule has 3 rings (SSSR count). The first-order valence-corrected chi connectivity index (χ1v) is 10.2. The van der Waals surface area contributed by atoms with E-state index in [1.807, 2.05) is 0 Å². The lowest BCUT2D eigenvalue weighted by molar-refractivity contribution is -0.139. The smallest absolute Gasteiger partial charge is 0.341 e. The van der Waals surface area contributed by atoms with Crippen LogP contribution in [0.5, 0.6) is 11.5 Å². The van der Waals surface area contributed by atoms with Gasteiger partial charge in [-0.2, -0.15) is 0 Å². The van der Waals surface area contributed by atoms with Crippen LogP contribution in [0.4, 0.5) is 10.5 Å². The first-order valence-electron chi connectivity index (χ1n) is 8.64. The van der Waals surface area contributed by atoms with Crippen LogP contribution in [0.2, 0.25) is 10.0 Å². The molecule has 0 bridgehead atoms. The number of thioether (sulfide) groups is 1. The maximum absolute atomic E-state index is 12.8. The zero-order valence-corrected chi connectivity index (χ0v) is 17.9. The van der Waals surface area contributed by atoms with Crippen LogP contribution in [0.1, 0.15) is 12.5 Å². The van der Waals surface area contributed by atoms with Crippen molar-refractivity contribution in [3.63, 3.8) is 0 Å². The summed E-state index contributed by atoms with van der Waals surface area (Å²) >= 11 is 12.9. The molecule has 2 aromatic rings. The summed E-state index contributed by atoms with van der Waals surface area (Å²) < 4.78 is 10.7. The summed E-state index contributed by atoms with van der Waals surface area (Å²) in [7, 11) is 0. The zero-order valence-electron chi connectivity index (χ0n) is 15.6. The van der Waals surface area contributed by atoms with E-state index in [0.717, 1.165) is 16.7 Å². The van der Waals surface area contributed by atoms with Crippen LogP contribution < -0.4 is 14.4 Å². The molecule has 0 aliphatic carbocycles. The Morgan fingerprint density at radius 1 is 1.17 bits per heavy atom. The molecular weight excluding hydrogens is 453 g/mol. The molecule has 156 valence electrons. The van der Waals surface area contributed by atoms with Gasteiger partial charge in [0.1, 0.15) is 0 Å². The van der Waals surface area contributed by atoms with E-state index in [4.69, 9.17) is 37.8 Å². The molecule has 2 aromatic carbocycles. The Morgan fingerprint density at radius 2 is 1.87 bits per heavy atom. The Bertz CT molecular complexity index is 1040. The number of anilines is 1. The van der Waals surface area contributed by atoms with Crippen LogP contribution in [0.15, 0.2) is 41.3 Å². The summed E-state index contributed by atoms with van der Waals surface area (Å²) in [5.41, 5.74) is 0.906. The Morgan fingerprint density at radius 3 is 2.50 bits per heavy atom. The second-order valence-electron chi connectivity index (χ2n) is 5.94. The molecule has 1 saturated heterocycles. The monoisotopic (exact) mass is 467 g/mol. The lowest BCUT2D eigenvalue weighted by Gasteiger charge is -2.13. The summed E-state index contributed by atoms with van der Waals surface area (Å²) in [5, 5.41) is 8.98. The minimum atomic E-state index is -1.16. The third-order valence-electron chi connectivity index (χ3n) is 3.85. The molecular formula is C20H15Cl2NO6S. The number of ether oxygens (including phenoxy) is 2. The standard InChI is InChI=1S/C20H15Cl2NO6S/c1-2-28-15-8-11(7-14(22)18(15)29-10-17(24)25)9-16-19(26)23(20(27)30-16)13-5-3-12(21)4-6-13/h3-9H,2,10H2,1H3,(H,24,25)/b16-9+. The molecule has 7 nitrogen and oxygen atoms in total. The van der Waals surface area contributed by atoms with Crippen LogP contribution in [-0.4, -0.2) is 35.4 Å². The Hall–Kier alpha value is -2.68. The van der Waals surface area contributed by atoms with Gasteiger partial charge in [0.15, 0.2) is 18.1 Å². The summed E-state index contributed by atoms with van der Waals surface area (Å²) in [6, 6.07) is 9.41. The van der Waals surface area contributed by atoms with Crippen molar-refractivity contribution in [3.8, 4) is 11.5 Å². The van der Waals surface area contributed by atoms with Gasteiger partial charge in [-0.05, 0) is 66.7 Å². The molecule has 0 saturated carbocycles. The second kappa shape index (κ2) is 9.42. The number of carbonyl (C=O) groups is 3. The van der Waals surface area contributed by atoms with Gasteiger partial charge >= 0.3 is 5.97 Å². The number of carbonyl (C=O) groups excluding carboxylic acids is 2. The fourth-order valence-corrected chi connectivity index (χ4v) is 3.88. The third kappa shape index (κ3) is 4.89. The fraction of sp³-hybridized carbons (Fsp3) is 0.150. The summed E-state index contributed by atoms with van der Waals surface area (Å²) in [6.45, 7) is 1.45. The summed E-state index contributed by atoms with van der Waals surface area (Å²) in [5.74, 6) is -1.32. The topological polar surface area (TPSA) is 93.1 Å². The van der Waals surface area contributed by atoms with Crippen molar-refractivity contribution >= 4 is 63.8 Å². The van der Waals surface area contributed by atoms with E-state index < -0.39 is 23.7 Å². The van der Waals surface area contributed by atoms with Crippen molar-refractivity contribution in [3.05, 3.63) is 56.9 Å². The van der Waals surface area contributed by atoms with E-state index >= 15 is 0 Å². The molecule has 0 radical (unpaired) electrons. The number of aliphatic carboxylic acids is 1. The molecule has 1 aliphatic rings. The predicted molar refractivity (Wildman–Crippen MR) is 116 cm³/mol. The lowest BCUT2D eigenvalue weighted by Crippen LogP contribution is -2.27. The molecule has 0 unspecified atom stereocenters. The molecule has 1 aliphatic heterocycles. The Kier molecular flexibility index (Phi) is 6.91. The average molecular weight is 468 g/mol. The number of amides is 2. The van der Waals surface area contributed by atoms with Gasteiger partial charge in [0.05, 0.1) is 22.2 Å². The van der Waals surface area contributed by atoms with Crippen LogP contribution in [0, 0.1) is 0 Å². The molecule has 10 heteroatoms. The number of imide groups is 1. The highest BCUT2D eigenvalue weighted by Crippen LogP contribution is 2.40. The number of nitrogens with zero attached hydrogens (tertiary/aromatic N) is 1. The van der Waals surface area contributed by atoms with Crippen molar-refractivity contribution in [1.82, 2.24) is 0 Å². The van der Waals surface area contributed by atoms with Crippen molar-refractivity contribution in [2.45, 2.75) is 6.92 Å². The van der Waals surface area contributed by atoms with E-state index in [9.17, 15) is 14.4 Å². The van der Waals surface area contributed by atoms with Crippen molar-refractivity contribution in [2.24, 2.45) is 0 Å². The van der Waals surface area contributed by atoms with E-state index in [-0.39, 0.29) is 28.0 Å². The van der Waals surface area contributed by atoms with E-state index in [1.54, 1.807) is 37.3 Å². The highest BCUT2D eigenvalue weighted by Gasteiger charge is 2.36. The number of rotatable bonds is 7. The minimum absolute atomic E-state index is 0.0901. The summed E-state index contributed by atoms with van der Waals surface area (Å²) in [6.07, 6.45) is 1.51. The first kappa shape index (κ1) is 22.0. The van der Waals surface area contributed by atoms with Gasteiger partial charge in [-0.1, -0.05) is 23.2 Å². The Labute approximate surface area is 186 Å². The molecule has 2 amide bonds. The maximum Gasteiger partial charge on any atom is 0.341 e. The van der Waals surface area contributed by atoms with Gasteiger partial charge in [0, 0.05) is 5.02 Å². The molecule has 0 spiro atoms. The largest absolute Gasteiger partial charge is 0.490 e. The SMILES string of the molecule is CCOc1cc(/C=C2/SC(=O)N(c3ccc(Cl)cc3)C2=O)cc(Cl)c1OCC(=O)O.